The Labute approximate surface area is 97.8 Å². The van der Waals surface area contributed by atoms with Crippen molar-refractivity contribution in [1.82, 2.24) is 0 Å². The number of benzene rings is 1. The first kappa shape index (κ1) is 14.8. The van der Waals surface area contributed by atoms with Crippen molar-refractivity contribution in [3.63, 3.8) is 0 Å². The summed E-state index contributed by atoms with van der Waals surface area (Å²) in [5, 5.41) is 3.15. The second-order valence-corrected chi connectivity index (χ2v) is 2.95. The van der Waals surface area contributed by atoms with Gasteiger partial charge >= 0.3 is 0 Å². The van der Waals surface area contributed by atoms with Crippen LogP contribution in [0.4, 0.5) is 10.1 Å². The number of hydrogen-bond donors (Lipinski definition) is 1. The van der Waals surface area contributed by atoms with Crippen molar-refractivity contribution in [3.05, 3.63) is 24.0 Å². The Bertz CT molecular complexity index is 302. The molecule has 1 N–H and O–H groups in total. The van der Waals surface area contributed by atoms with E-state index in [0.29, 0.717) is 5.75 Å². The lowest BCUT2D eigenvalue weighted by Gasteiger charge is -2.24. The zero-order chi connectivity index (χ0) is 12.6. The van der Waals surface area contributed by atoms with E-state index in [1.807, 2.05) is 34.6 Å². The monoisotopic (exact) mass is 227 g/mol. The molecule has 0 saturated carbocycles. The van der Waals surface area contributed by atoms with Crippen LogP contribution in [0.3, 0.4) is 0 Å². The highest BCUT2D eigenvalue weighted by Crippen LogP contribution is 2.29. The molecule has 0 saturated heterocycles. The van der Waals surface area contributed by atoms with Crippen LogP contribution in [0.5, 0.6) is 5.75 Å². The highest BCUT2D eigenvalue weighted by atomic mass is 19.1. The molecule has 1 heterocycles. The number of hydrogen-bond acceptors (Lipinski definition) is 2. The van der Waals surface area contributed by atoms with Crippen LogP contribution in [0, 0.1) is 5.82 Å². The molecule has 1 aliphatic rings. The number of halogens is 1. The molecule has 0 amide bonds. The second kappa shape index (κ2) is 7.97. The number of fused-ring (bicyclic) bond motifs is 1. The minimum absolute atomic E-state index is 0.110. The van der Waals surface area contributed by atoms with Gasteiger partial charge in [0.05, 0.1) is 12.2 Å². The van der Waals surface area contributed by atoms with Crippen LogP contribution >= 0.6 is 0 Å². The maximum Gasteiger partial charge on any atom is 0.145 e. The lowest BCUT2D eigenvalue weighted by atomic mass is 10.2. The van der Waals surface area contributed by atoms with Crippen molar-refractivity contribution >= 4 is 5.69 Å². The van der Waals surface area contributed by atoms with Crippen molar-refractivity contribution in [2.24, 2.45) is 0 Å². The highest BCUT2D eigenvalue weighted by molar-refractivity contribution is 5.57. The maximum absolute atomic E-state index is 12.7. The number of anilines is 1. The molecule has 0 aromatic heterocycles. The summed E-state index contributed by atoms with van der Waals surface area (Å²) in [5.41, 5.74) is 0.870. The average Bonchev–Trinajstić information content (AvgIpc) is 2.33. The van der Waals surface area contributed by atoms with Crippen LogP contribution in [0.2, 0.25) is 0 Å². The third kappa shape index (κ3) is 4.09. The van der Waals surface area contributed by atoms with Crippen molar-refractivity contribution in [1.29, 1.82) is 0 Å². The Balaban J connectivity index is 0.000000509. The van der Waals surface area contributed by atoms with Crippen LogP contribution in [0.15, 0.2) is 18.2 Å². The average molecular weight is 227 g/mol. The lowest BCUT2D eigenvalue weighted by Crippen LogP contribution is -2.27. The predicted molar refractivity (Wildman–Crippen MR) is 67.7 cm³/mol. The van der Waals surface area contributed by atoms with Crippen LogP contribution in [-0.4, -0.2) is 12.6 Å². The standard InChI is InChI=1S/C9H10FNO.2C2H6/c1-6-5-11-8-3-2-7(10)4-9(8)12-6;2*1-2/h2-4,6,11H,5H2,1H3;2*1-2H3. The lowest BCUT2D eigenvalue weighted by molar-refractivity contribution is 0.225. The van der Waals surface area contributed by atoms with E-state index < -0.39 is 0 Å². The van der Waals surface area contributed by atoms with E-state index >= 15 is 0 Å². The third-order valence-corrected chi connectivity index (χ3v) is 1.85. The van der Waals surface area contributed by atoms with Gasteiger partial charge in [-0.3, -0.25) is 0 Å². The van der Waals surface area contributed by atoms with E-state index in [-0.39, 0.29) is 11.9 Å². The molecule has 16 heavy (non-hydrogen) atoms. The molecule has 0 aliphatic carbocycles. The molecule has 1 aromatic carbocycles. The fourth-order valence-electron chi connectivity index (χ4n) is 1.25. The number of rotatable bonds is 0. The molecule has 0 spiro atoms. The van der Waals surface area contributed by atoms with Gasteiger partial charge in [0.2, 0.25) is 0 Å². The largest absolute Gasteiger partial charge is 0.487 e. The molecular formula is C13H22FNO. The third-order valence-electron chi connectivity index (χ3n) is 1.85. The molecule has 1 aromatic rings. The number of nitrogens with one attached hydrogen (secondary N) is 1. The van der Waals surface area contributed by atoms with Crippen LogP contribution in [0.25, 0.3) is 0 Å². The van der Waals surface area contributed by atoms with E-state index in [2.05, 4.69) is 5.32 Å². The van der Waals surface area contributed by atoms with Crippen molar-refractivity contribution in [3.8, 4) is 5.75 Å². The zero-order valence-corrected chi connectivity index (χ0v) is 10.8. The Hall–Kier alpha value is -1.25. The van der Waals surface area contributed by atoms with Gasteiger partial charge in [-0.1, -0.05) is 27.7 Å². The summed E-state index contributed by atoms with van der Waals surface area (Å²) in [7, 11) is 0. The Morgan fingerprint density at radius 3 is 2.50 bits per heavy atom. The molecule has 1 unspecified atom stereocenters. The van der Waals surface area contributed by atoms with Gasteiger partial charge in [0.15, 0.2) is 0 Å². The molecule has 1 aliphatic heterocycles. The molecule has 2 rings (SSSR count). The van der Waals surface area contributed by atoms with E-state index in [1.165, 1.54) is 12.1 Å². The van der Waals surface area contributed by atoms with E-state index in [1.54, 1.807) is 6.07 Å². The molecule has 0 radical (unpaired) electrons. The second-order valence-electron chi connectivity index (χ2n) is 2.95. The van der Waals surface area contributed by atoms with Crippen LogP contribution < -0.4 is 10.1 Å². The van der Waals surface area contributed by atoms with Gasteiger partial charge in [0, 0.05) is 6.07 Å². The molecule has 0 fully saturated rings. The quantitative estimate of drug-likeness (QED) is 0.721. The first-order chi connectivity index (χ1) is 7.75. The van der Waals surface area contributed by atoms with Crippen LogP contribution in [0.1, 0.15) is 34.6 Å². The van der Waals surface area contributed by atoms with Crippen LogP contribution in [-0.2, 0) is 0 Å². The van der Waals surface area contributed by atoms with E-state index in [4.69, 9.17) is 4.74 Å². The van der Waals surface area contributed by atoms with Gasteiger partial charge in [-0.2, -0.15) is 0 Å². The Morgan fingerprint density at radius 1 is 1.25 bits per heavy atom. The van der Waals surface area contributed by atoms with Gasteiger partial charge < -0.3 is 10.1 Å². The first-order valence-corrected chi connectivity index (χ1v) is 5.96. The summed E-state index contributed by atoms with van der Waals surface area (Å²) in [6.07, 6.45) is 0.110. The topological polar surface area (TPSA) is 21.3 Å². The minimum Gasteiger partial charge on any atom is -0.487 e. The summed E-state index contributed by atoms with van der Waals surface area (Å²) >= 11 is 0. The van der Waals surface area contributed by atoms with Gasteiger partial charge in [-0.15, -0.1) is 0 Å². The first-order valence-electron chi connectivity index (χ1n) is 5.96. The van der Waals surface area contributed by atoms with Gasteiger partial charge in [0.25, 0.3) is 0 Å². The van der Waals surface area contributed by atoms with Crippen molar-refractivity contribution < 1.29 is 9.13 Å². The summed E-state index contributed by atoms with van der Waals surface area (Å²) in [4.78, 5) is 0. The van der Waals surface area contributed by atoms with E-state index in [0.717, 1.165) is 12.2 Å². The number of ether oxygens (including phenoxy) is 1. The summed E-state index contributed by atoms with van der Waals surface area (Å²) in [5.74, 6) is 0.346. The molecule has 0 bridgehead atoms. The smallest absolute Gasteiger partial charge is 0.145 e. The zero-order valence-electron chi connectivity index (χ0n) is 10.8. The molecule has 92 valence electrons. The summed E-state index contributed by atoms with van der Waals surface area (Å²) < 4.78 is 18.1. The van der Waals surface area contributed by atoms with E-state index in [9.17, 15) is 4.39 Å². The SMILES string of the molecule is CC.CC.CC1CNc2ccc(F)cc2O1. The normalized spacial score (nSPS) is 16.2. The maximum atomic E-state index is 12.7. The minimum atomic E-state index is -0.260. The molecule has 1 atom stereocenters. The fourth-order valence-corrected chi connectivity index (χ4v) is 1.25. The van der Waals surface area contributed by atoms with Gasteiger partial charge in [0.1, 0.15) is 17.7 Å². The van der Waals surface area contributed by atoms with Crippen molar-refractivity contribution in [2.45, 2.75) is 40.7 Å². The predicted octanol–water partition coefficient (Wildman–Crippen LogP) is 4.07. The van der Waals surface area contributed by atoms with Gasteiger partial charge in [-0.25, -0.2) is 4.39 Å². The van der Waals surface area contributed by atoms with Gasteiger partial charge in [-0.05, 0) is 19.1 Å². The summed E-state index contributed by atoms with van der Waals surface area (Å²) in [6.45, 7) is 10.7. The highest BCUT2D eigenvalue weighted by Gasteiger charge is 2.14. The fraction of sp³-hybridized carbons (Fsp3) is 0.538. The summed E-state index contributed by atoms with van der Waals surface area (Å²) in [6, 6.07) is 4.51. The molecule has 3 heteroatoms. The van der Waals surface area contributed by atoms with Crippen molar-refractivity contribution in [2.75, 3.05) is 11.9 Å². The Kier molecular flexibility index (Phi) is 7.34. The molecule has 2 nitrogen and oxygen atoms in total. The Morgan fingerprint density at radius 2 is 1.88 bits per heavy atom. The molecular weight excluding hydrogens is 205 g/mol.